The molecule has 0 spiro atoms. The standard InChI is InChI=1S/C12H18N4/c1-9-2-4-14-12(15-9)16-5-3-10-6-13-7-11(10)8-16/h2,4,10-11,13H,3,5-8H2,1H3. The summed E-state index contributed by atoms with van der Waals surface area (Å²) >= 11 is 0. The number of hydrogen-bond acceptors (Lipinski definition) is 4. The van der Waals surface area contributed by atoms with E-state index in [4.69, 9.17) is 0 Å². The first-order valence-corrected chi connectivity index (χ1v) is 6.08. The van der Waals surface area contributed by atoms with E-state index in [0.717, 1.165) is 43.1 Å². The molecule has 0 aliphatic carbocycles. The second-order valence-electron chi connectivity index (χ2n) is 4.91. The molecule has 0 saturated carbocycles. The summed E-state index contributed by atoms with van der Waals surface area (Å²) in [6.45, 7) is 6.60. The van der Waals surface area contributed by atoms with Gasteiger partial charge >= 0.3 is 0 Å². The van der Waals surface area contributed by atoms with Gasteiger partial charge in [0.05, 0.1) is 0 Å². The highest BCUT2D eigenvalue weighted by Crippen LogP contribution is 2.28. The normalized spacial score (nSPS) is 29.2. The zero-order valence-electron chi connectivity index (χ0n) is 9.69. The van der Waals surface area contributed by atoms with Crippen molar-refractivity contribution in [2.24, 2.45) is 11.8 Å². The van der Waals surface area contributed by atoms with Gasteiger partial charge in [-0.15, -0.1) is 0 Å². The molecule has 16 heavy (non-hydrogen) atoms. The molecular formula is C12H18N4. The van der Waals surface area contributed by atoms with Crippen molar-refractivity contribution >= 4 is 5.95 Å². The minimum Gasteiger partial charge on any atom is -0.340 e. The number of nitrogens with one attached hydrogen (secondary N) is 1. The van der Waals surface area contributed by atoms with Crippen LogP contribution in [-0.2, 0) is 0 Å². The molecule has 1 aromatic rings. The molecule has 2 unspecified atom stereocenters. The molecule has 3 rings (SSSR count). The van der Waals surface area contributed by atoms with E-state index in [-0.39, 0.29) is 0 Å². The van der Waals surface area contributed by atoms with E-state index < -0.39 is 0 Å². The summed E-state index contributed by atoms with van der Waals surface area (Å²) < 4.78 is 0. The van der Waals surface area contributed by atoms with Gasteiger partial charge < -0.3 is 10.2 Å². The summed E-state index contributed by atoms with van der Waals surface area (Å²) in [5.41, 5.74) is 1.05. The topological polar surface area (TPSA) is 41.1 Å². The average Bonchev–Trinajstić information content (AvgIpc) is 2.75. The molecule has 0 aromatic carbocycles. The van der Waals surface area contributed by atoms with E-state index in [1.807, 2.05) is 19.2 Å². The van der Waals surface area contributed by atoms with Crippen LogP contribution in [0.2, 0.25) is 0 Å². The number of nitrogens with zero attached hydrogens (tertiary/aromatic N) is 3. The Balaban J connectivity index is 1.76. The number of rotatable bonds is 1. The van der Waals surface area contributed by atoms with Crippen molar-refractivity contribution in [3.63, 3.8) is 0 Å². The van der Waals surface area contributed by atoms with Crippen LogP contribution in [-0.4, -0.2) is 36.1 Å². The molecule has 1 N–H and O–H groups in total. The smallest absolute Gasteiger partial charge is 0.225 e. The number of aromatic nitrogens is 2. The lowest BCUT2D eigenvalue weighted by Gasteiger charge is -2.34. The van der Waals surface area contributed by atoms with E-state index in [1.165, 1.54) is 13.0 Å². The van der Waals surface area contributed by atoms with Crippen LogP contribution in [0.25, 0.3) is 0 Å². The third kappa shape index (κ3) is 1.78. The van der Waals surface area contributed by atoms with Crippen LogP contribution in [0.15, 0.2) is 12.3 Å². The lowest BCUT2D eigenvalue weighted by Crippen LogP contribution is -2.40. The molecule has 0 bridgehead atoms. The number of piperidine rings is 1. The summed E-state index contributed by atoms with van der Waals surface area (Å²) in [5.74, 6) is 2.57. The zero-order valence-corrected chi connectivity index (χ0v) is 9.69. The van der Waals surface area contributed by atoms with Crippen molar-refractivity contribution in [3.05, 3.63) is 18.0 Å². The van der Waals surface area contributed by atoms with Gasteiger partial charge in [-0.05, 0) is 44.3 Å². The summed E-state index contributed by atoms with van der Waals surface area (Å²) in [6, 6.07) is 1.95. The van der Waals surface area contributed by atoms with Gasteiger partial charge in [-0.2, -0.15) is 0 Å². The largest absolute Gasteiger partial charge is 0.340 e. The van der Waals surface area contributed by atoms with Crippen molar-refractivity contribution in [1.82, 2.24) is 15.3 Å². The molecule has 2 aliphatic heterocycles. The van der Waals surface area contributed by atoms with Crippen molar-refractivity contribution < 1.29 is 0 Å². The van der Waals surface area contributed by atoms with Crippen LogP contribution in [0.5, 0.6) is 0 Å². The first kappa shape index (κ1) is 10.0. The fraction of sp³-hybridized carbons (Fsp3) is 0.667. The maximum absolute atomic E-state index is 4.51. The van der Waals surface area contributed by atoms with Crippen LogP contribution in [0.1, 0.15) is 12.1 Å². The Morgan fingerprint density at radius 3 is 3.12 bits per heavy atom. The van der Waals surface area contributed by atoms with Gasteiger partial charge in [0.15, 0.2) is 0 Å². The second kappa shape index (κ2) is 4.01. The van der Waals surface area contributed by atoms with E-state index in [9.17, 15) is 0 Å². The second-order valence-corrected chi connectivity index (χ2v) is 4.91. The highest BCUT2D eigenvalue weighted by atomic mass is 15.3. The van der Waals surface area contributed by atoms with E-state index in [0.29, 0.717) is 0 Å². The Kier molecular flexibility index (Phi) is 2.52. The van der Waals surface area contributed by atoms with Crippen LogP contribution in [0.4, 0.5) is 5.95 Å². The molecule has 86 valence electrons. The maximum Gasteiger partial charge on any atom is 0.225 e. The molecule has 2 aliphatic rings. The highest BCUT2D eigenvalue weighted by molar-refractivity contribution is 5.31. The van der Waals surface area contributed by atoms with E-state index in [1.54, 1.807) is 0 Å². The van der Waals surface area contributed by atoms with Gasteiger partial charge in [-0.25, -0.2) is 9.97 Å². The van der Waals surface area contributed by atoms with Crippen LogP contribution in [0.3, 0.4) is 0 Å². The van der Waals surface area contributed by atoms with E-state index >= 15 is 0 Å². The van der Waals surface area contributed by atoms with Gasteiger partial charge in [-0.3, -0.25) is 0 Å². The lowest BCUT2D eigenvalue weighted by molar-refractivity contribution is 0.346. The monoisotopic (exact) mass is 218 g/mol. The molecule has 2 fully saturated rings. The molecule has 0 amide bonds. The molecule has 2 saturated heterocycles. The molecule has 0 radical (unpaired) electrons. The molecule has 2 atom stereocenters. The zero-order chi connectivity index (χ0) is 11.0. The fourth-order valence-corrected chi connectivity index (χ4v) is 2.80. The van der Waals surface area contributed by atoms with Crippen LogP contribution in [0, 0.1) is 18.8 Å². The third-order valence-corrected chi connectivity index (χ3v) is 3.77. The fourth-order valence-electron chi connectivity index (χ4n) is 2.80. The Hall–Kier alpha value is -1.16. The number of hydrogen-bond donors (Lipinski definition) is 1. The molecule has 4 nitrogen and oxygen atoms in total. The molecule has 3 heterocycles. The molecule has 4 heteroatoms. The maximum atomic E-state index is 4.51. The minimum atomic E-state index is 0.790. The Bertz CT molecular complexity index is 379. The molecular weight excluding hydrogens is 200 g/mol. The number of fused-ring (bicyclic) bond motifs is 1. The van der Waals surface area contributed by atoms with Gasteiger partial charge in [0.1, 0.15) is 0 Å². The predicted molar refractivity (Wildman–Crippen MR) is 63.4 cm³/mol. The summed E-state index contributed by atoms with van der Waals surface area (Å²) in [7, 11) is 0. The Morgan fingerprint density at radius 1 is 1.38 bits per heavy atom. The summed E-state index contributed by atoms with van der Waals surface area (Å²) in [4.78, 5) is 11.2. The van der Waals surface area contributed by atoms with Crippen molar-refractivity contribution in [2.45, 2.75) is 13.3 Å². The van der Waals surface area contributed by atoms with Crippen molar-refractivity contribution in [1.29, 1.82) is 0 Å². The summed E-state index contributed by atoms with van der Waals surface area (Å²) in [6.07, 6.45) is 3.13. The highest BCUT2D eigenvalue weighted by Gasteiger charge is 2.33. The van der Waals surface area contributed by atoms with Crippen molar-refractivity contribution in [2.75, 3.05) is 31.1 Å². The van der Waals surface area contributed by atoms with Crippen LogP contribution < -0.4 is 10.2 Å². The van der Waals surface area contributed by atoms with Crippen LogP contribution >= 0.6 is 0 Å². The number of anilines is 1. The first-order chi connectivity index (χ1) is 7.83. The van der Waals surface area contributed by atoms with Gasteiger partial charge in [0, 0.05) is 25.0 Å². The molecule has 1 aromatic heterocycles. The van der Waals surface area contributed by atoms with Gasteiger partial charge in [0.2, 0.25) is 5.95 Å². The number of aryl methyl sites for hydroxylation is 1. The van der Waals surface area contributed by atoms with E-state index in [2.05, 4.69) is 20.2 Å². The van der Waals surface area contributed by atoms with Gasteiger partial charge in [-0.1, -0.05) is 0 Å². The SMILES string of the molecule is Cc1ccnc(N2CCC3CNCC3C2)n1. The third-order valence-electron chi connectivity index (χ3n) is 3.77. The Labute approximate surface area is 96.1 Å². The summed E-state index contributed by atoms with van der Waals surface area (Å²) in [5, 5.41) is 3.48. The van der Waals surface area contributed by atoms with Gasteiger partial charge in [0.25, 0.3) is 0 Å². The minimum absolute atomic E-state index is 0.790. The van der Waals surface area contributed by atoms with Crippen molar-refractivity contribution in [3.8, 4) is 0 Å². The Morgan fingerprint density at radius 2 is 2.25 bits per heavy atom. The predicted octanol–water partition coefficient (Wildman–Crippen LogP) is 0.831. The lowest BCUT2D eigenvalue weighted by atomic mass is 9.89. The first-order valence-electron chi connectivity index (χ1n) is 6.08. The quantitative estimate of drug-likeness (QED) is 0.758. The average molecular weight is 218 g/mol.